The lowest BCUT2D eigenvalue weighted by atomic mass is 10.1. The van der Waals surface area contributed by atoms with Gasteiger partial charge in [0.25, 0.3) is 5.91 Å². The molecule has 4 aromatic rings. The van der Waals surface area contributed by atoms with Crippen LogP contribution < -0.4 is 16.0 Å². The van der Waals surface area contributed by atoms with E-state index in [1.165, 1.54) is 0 Å². The SMILES string of the molecule is CC(NC(=S)Nc1ccc(NC(=O)c2nccc3ccccc23)cc1)c1ccc(Br)cc1. The number of fused-ring (bicyclic) bond motifs is 1. The van der Waals surface area contributed by atoms with Crippen molar-refractivity contribution >= 4 is 61.3 Å². The number of amides is 1. The second kappa shape index (κ2) is 9.89. The summed E-state index contributed by atoms with van der Waals surface area (Å²) in [6, 6.07) is 25.1. The van der Waals surface area contributed by atoms with Gasteiger partial charge < -0.3 is 16.0 Å². The van der Waals surface area contributed by atoms with Gasteiger partial charge in [0.2, 0.25) is 0 Å². The van der Waals surface area contributed by atoms with E-state index in [-0.39, 0.29) is 11.9 Å². The zero-order valence-electron chi connectivity index (χ0n) is 17.3. The number of halogens is 1. The number of carbonyl (C=O) groups excluding carboxylic acids is 1. The molecule has 0 aliphatic rings. The van der Waals surface area contributed by atoms with Gasteiger partial charge in [-0.2, -0.15) is 0 Å². The van der Waals surface area contributed by atoms with Crippen LogP contribution in [0.25, 0.3) is 10.8 Å². The van der Waals surface area contributed by atoms with Crippen molar-refractivity contribution in [2.45, 2.75) is 13.0 Å². The number of rotatable bonds is 5. The number of nitrogens with one attached hydrogen (secondary N) is 3. The van der Waals surface area contributed by atoms with Gasteiger partial charge in [0.05, 0.1) is 6.04 Å². The number of carbonyl (C=O) groups is 1. The molecule has 0 radical (unpaired) electrons. The van der Waals surface area contributed by atoms with Gasteiger partial charge in [-0.15, -0.1) is 0 Å². The molecule has 0 fully saturated rings. The molecule has 0 bridgehead atoms. The first-order valence-corrected chi connectivity index (χ1v) is 11.3. The summed E-state index contributed by atoms with van der Waals surface area (Å²) >= 11 is 8.89. The van der Waals surface area contributed by atoms with Gasteiger partial charge in [-0.25, -0.2) is 0 Å². The number of aromatic nitrogens is 1. The molecule has 1 heterocycles. The number of hydrogen-bond acceptors (Lipinski definition) is 3. The fourth-order valence-corrected chi connectivity index (χ4v) is 3.89. The Labute approximate surface area is 200 Å². The van der Waals surface area contributed by atoms with Crippen molar-refractivity contribution < 1.29 is 4.79 Å². The van der Waals surface area contributed by atoms with Crippen LogP contribution in [0.15, 0.2) is 89.5 Å². The molecule has 4 rings (SSSR count). The molecule has 3 N–H and O–H groups in total. The van der Waals surface area contributed by atoms with Crippen molar-refractivity contribution in [3.8, 4) is 0 Å². The first kappa shape index (κ1) is 21.9. The summed E-state index contributed by atoms with van der Waals surface area (Å²) in [5.41, 5.74) is 3.04. The van der Waals surface area contributed by atoms with Crippen LogP contribution in [-0.2, 0) is 0 Å². The molecule has 7 heteroatoms. The fraction of sp³-hybridized carbons (Fsp3) is 0.0800. The Bertz CT molecular complexity index is 1250. The van der Waals surface area contributed by atoms with Crippen molar-refractivity contribution in [1.82, 2.24) is 10.3 Å². The molecular formula is C25H21BrN4OS. The summed E-state index contributed by atoms with van der Waals surface area (Å²) in [4.78, 5) is 17.0. The van der Waals surface area contributed by atoms with Crippen molar-refractivity contribution in [2.75, 3.05) is 10.6 Å². The van der Waals surface area contributed by atoms with Crippen molar-refractivity contribution in [2.24, 2.45) is 0 Å². The summed E-state index contributed by atoms with van der Waals surface area (Å²) in [7, 11) is 0. The summed E-state index contributed by atoms with van der Waals surface area (Å²) in [6.07, 6.45) is 1.65. The minimum atomic E-state index is -0.247. The predicted molar refractivity (Wildman–Crippen MR) is 138 cm³/mol. The first-order valence-electron chi connectivity index (χ1n) is 10.1. The number of nitrogens with zero attached hydrogens (tertiary/aromatic N) is 1. The minimum absolute atomic E-state index is 0.0647. The highest BCUT2D eigenvalue weighted by Crippen LogP contribution is 2.20. The van der Waals surface area contributed by atoms with E-state index in [9.17, 15) is 4.79 Å². The molecule has 5 nitrogen and oxygen atoms in total. The molecule has 0 aliphatic carbocycles. The van der Waals surface area contributed by atoms with E-state index in [4.69, 9.17) is 12.2 Å². The second-order valence-electron chi connectivity index (χ2n) is 7.28. The molecule has 0 saturated carbocycles. The number of thiocarbonyl (C=S) groups is 1. The van der Waals surface area contributed by atoms with E-state index in [0.717, 1.165) is 26.5 Å². The zero-order chi connectivity index (χ0) is 22.5. The average Bonchev–Trinajstić information content (AvgIpc) is 2.80. The van der Waals surface area contributed by atoms with Crippen LogP contribution in [0.2, 0.25) is 0 Å². The topological polar surface area (TPSA) is 66.0 Å². The Morgan fingerprint density at radius 1 is 0.906 bits per heavy atom. The quantitative estimate of drug-likeness (QED) is 0.278. The van der Waals surface area contributed by atoms with Crippen molar-refractivity contribution in [3.63, 3.8) is 0 Å². The molecule has 0 saturated heterocycles. The maximum Gasteiger partial charge on any atom is 0.274 e. The summed E-state index contributed by atoms with van der Waals surface area (Å²) in [5.74, 6) is -0.247. The molecule has 1 amide bonds. The average molecular weight is 505 g/mol. The van der Waals surface area contributed by atoms with E-state index in [1.54, 1.807) is 6.20 Å². The van der Waals surface area contributed by atoms with E-state index < -0.39 is 0 Å². The Kier molecular flexibility index (Phi) is 6.78. The van der Waals surface area contributed by atoms with Crippen molar-refractivity contribution in [3.05, 3.63) is 101 Å². The standard InChI is InChI=1S/C25H21BrN4OS/c1-16(17-6-8-19(26)9-7-17)28-25(32)30-21-12-10-20(11-13-21)29-24(31)23-22-5-3-2-4-18(22)14-15-27-23/h2-16H,1H3,(H,29,31)(H2,28,30,32). The Hall–Kier alpha value is -3.29. The van der Waals surface area contributed by atoms with Gasteiger partial charge in [0.15, 0.2) is 5.11 Å². The predicted octanol–water partition coefficient (Wildman–Crippen LogP) is 6.30. The largest absolute Gasteiger partial charge is 0.356 e. The monoisotopic (exact) mass is 504 g/mol. The Morgan fingerprint density at radius 3 is 2.28 bits per heavy atom. The number of pyridine rings is 1. The molecule has 1 aromatic heterocycles. The van der Waals surface area contributed by atoms with Crippen LogP contribution in [0.4, 0.5) is 11.4 Å². The Morgan fingerprint density at radius 2 is 1.56 bits per heavy atom. The second-order valence-corrected chi connectivity index (χ2v) is 8.61. The molecule has 32 heavy (non-hydrogen) atoms. The number of benzene rings is 3. The maximum absolute atomic E-state index is 12.7. The fourth-order valence-electron chi connectivity index (χ4n) is 3.33. The summed E-state index contributed by atoms with van der Waals surface area (Å²) in [5, 5.41) is 11.7. The van der Waals surface area contributed by atoms with Crippen LogP contribution >= 0.6 is 28.1 Å². The van der Waals surface area contributed by atoms with E-state index >= 15 is 0 Å². The molecule has 1 unspecified atom stereocenters. The third kappa shape index (κ3) is 5.30. The van der Waals surface area contributed by atoms with Crippen LogP contribution in [0.1, 0.15) is 29.0 Å². The third-order valence-electron chi connectivity index (χ3n) is 5.01. The molecule has 1 atom stereocenters. The summed E-state index contributed by atoms with van der Waals surface area (Å²) in [6.45, 7) is 2.05. The van der Waals surface area contributed by atoms with Gasteiger partial charge in [0.1, 0.15) is 5.69 Å². The lowest BCUT2D eigenvalue weighted by molar-refractivity contribution is 0.102. The Balaban J connectivity index is 1.37. The van der Waals surface area contributed by atoms with Crippen molar-refractivity contribution in [1.29, 1.82) is 0 Å². The van der Waals surface area contributed by atoms with Gasteiger partial charge in [-0.05, 0) is 72.6 Å². The van der Waals surface area contributed by atoms with Gasteiger partial charge in [-0.1, -0.05) is 52.3 Å². The van der Waals surface area contributed by atoms with Gasteiger partial charge in [-0.3, -0.25) is 9.78 Å². The molecule has 0 aliphatic heterocycles. The molecular weight excluding hydrogens is 484 g/mol. The number of hydrogen-bond donors (Lipinski definition) is 3. The zero-order valence-corrected chi connectivity index (χ0v) is 19.7. The highest BCUT2D eigenvalue weighted by molar-refractivity contribution is 9.10. The third-order valence-corrected chi connectivity index (χ3v) is 5.76. The number of anilines is 2. The summed E-state index contributed by atoms with van der Waals surface area (Å²) < 4.78 is 1.04. The lowest BCUT2D eigenvalue weighted by Crippen LogP contribution is -2.30. The van der Waals surface area contributed by atoms with E-state index in [2.05, 4.69) is 43.8 Å². The molecule has 0 spiro atoms. The van der Waals surface area contributed by atoms with Gasteiger partial charge in [0, 0.05) is 27.4 Å². The first-order chi connectivity index (χ1) is 15.5. The van der Waals surface area contributed by atoms with E-state index in [0.29, 0.717) is 16.5 Å². The molecule has 160 valence electrons. The highest BCUT2D eigenvalue weighted by Gasteiger charge is 2.12. The normalized spacial score (nSPS) is 11.6. The van der Waals surface area contributed by atoms with Crippen LogP contribution in [0.3, 0.4) is 0 Å². The van der Waals surface area contributed by atoms with Gasteiger partial charge >= 0.3 is 0 Å². The van der Waals surface area contributed by atoms with E-state index in [1.807, 2.05) is 78.9 Å². The maximum atomic E-state index is 12.7. The highest BCUT2D eigenvalue weighted by atomic mass is 79.9. The molecule has 3 aromatic carbocycles. The van der Waals surface area contributed by atoms with Crippen LogP contribution in [-0.4, -0.2) is 16.0 Å². The minimum Gasteiger partial charge on any atom is -0.356 e. The van der Waals surface area contributed by atoms with Crippen LogP contribution in [0, 0.1) is 0 Å². The lowest BCUT2D eigenvalue weighted by Gasteiger charge is -2.17. The van der Waals surface area contributed by atoms with Crippen LogP contribution in [0.5, 0.6) is 0 Å². The smallest absolute Gasteiger partial charge is 0.274 e.